The predicted molar refractivity (Wildman–Crippen MR) is 122 cm³/mol. The van der Waals surface area contributed by atoms with Gasteiger partial charge in [-0.05, 0) is 31.2 Å². The summed E-state index contributed by atoms with van der Waals surface area (Å²) in [6.45, 7) is 2.25. The lowest BCUT2D eigenvalue weighted by atomic mass is 10.2. The lowest BCUT2D eigenvalue weighted by molar-refractivity contribution is -0.136. The second-order valence-corrected chi connectivity index (χ2v) is 8.08. The number of carbonyl (C=O) groups is 2. The summed E-state index contributed by atoms with van der Waals surface area (Å²) in [7, 11) is 3.02. The third-order valence-corrected chi connectivity index (χ3v) is 5.99. The molecule has 1 aromatic heterocycles. The second-order valence-electron chi connectivity index (χ2n) is 6.56. The molecule has 2 aromatic carbocycles. The normalized spacial score (nSPS) is 10.5. The molecule has 7 nitrogen and oxygen atoms in total. The van der Waals surface area contributed by atoms with Crippen LogP contribution in [-0.2, 0) is 16.0 Å². The van der Waals surface area contributed by atoms with Crippen molar-refractivity contribution in [1.29, 1.82) is 0 Å². The van der Waals surface area contributed by atoms with Gasteiger partial charge in [0.25, 0.3) is 0 Å². The van der Waals surface area contributed by atoms with Crippen LogP contribution in [0.1, 0.15) is 10.6 Å². The van der Waals surface area contributed by atoms with E-state index in [9.17, 15) is 9.59 Å². The van der Waals surface area contributed by atoms with E-state index in [0.29, 0.717) is 35.2 Å². The number of nitrogens with one attached hydrogen (secondary N) is 2. The quantitative estimate of drug-likeness (QED) is 0.519. The van der Waals surface area contributed by atoms with Gasteiger partial charge in [-0.15, -0.1) is 11.3 Å². The van der Waals surface area contributed by atoms with Crippen LogP contribution in [0.5, 0.6) is 11.5 Å². The number of methoxy groups -OCH3 is 2. The SMILES string of the molecule is COc1ccc(NC(=O)C(=O)NCCc2sc(-c3ccc(Cl)cc3)nc2C)cc1OC. The summed E-state index contributed by atoms with van der Waals surface area (Å²) < 4.78 is 10.4. The summed E-state index contributed by atoms with van der Waals surface area (Å²) in [6, 6.07) is 12.4. The van der Waals surface area contributed by atoms with E-state index in [4.69, 9.17) is 21.1 Å². The Labute approximate surface area is 189 Å². The summed E-state index contributed by atoms with van der Waals surface area (Å²) in [5.41, 5.74) is 2.32. The van der Waals surface area contributed by atoms with Crippen LogP contribution in [0, 0.1) is 6.92 Å². The molecule has 0 unspecified atom stereocenters. The van der Waals surface area contributed by atoms with Crippen LogP contribution in [0.4, 0.5) is 5.69 Å². The Bertz CT molecular complexity index is 1080. The fourth-order valence-corrected chi connectivity index (χ4v) is 4.04. The number of benzene rings is 2. The van der Waals surface area contributed by atoms with Crippen molar-refractivity contribution in [1.82, 2.24) is 10.3 Å². The van der Waals surface area contributed by atoms with Crippen molar-refractivity contribution in [2.75, 3.05) is 26.1 Å². The maximum atomic E-state index is 12.2. The van der Waals surface area contributed by atoms with E-state index in [1.807, 2.05) is 31.2 Å². The molecular formula is C22H22ClN3O4S. The minimum Gasteiger partial charge on any atom is -0.493 e. The molecule has 0 saturated carbocycles. The number of carbonyl (C=O) groups excluding carboxylic acids is 2. The first-order chi connectivity index (χ1) is 14.9. The van der Waals surface area contributed by atoms with Gasteiger partial charge in [-0.25, -0.2) is 4.98 Å². The summed E-state index contributed by atoms with van der Waals surface area (Å²) >= 11 is 7.49. The van der Waals surface area contributed by atoms with Gasteiger partial charge in [-0.1, -0.05) is 23.7 Å². The molecule has 0 atom stereocenters. The highest BCUT2D eigenvalue weighted by Gasteiger charge is 2.16. The molecule has 3 rings (SSSR count). The molecule has 9 heteroatoms. The van der Waals surface area contributed by atoms with Crippen LogP contribution in [0.15, 0.2) is 42.5 Å². The first kappa shape index (κ1) is 22.6. The van der Waals surface area contributed by atoms with Crippen LogP contribution in [0.25, 0.3) is 10.6 Å². The molecular weight excluding hydrogens is 438 g/mol. The van der Waals surface area contributed by atoms with Gasteiger partial charge < -0.3 is 20.1 Å². The molecule has 2 N–H and O–H groups in total. The van der Waals surface area contributed by atoms with E-state index in [0.717, 1.165) is 21.1 Å². The van der Waals surface area contributed by atoms with Gasteiger partial charge in [0.1, 0.15) is 5.01 Å². The summed E-state index contributed by atoms with van der Waals surface area (Å²) in [4.78, 5) is 30.0. The van der Waals surface area contributed by atoms with Crippen molar-refractivity contribution in [2.45, 2.75) is 13.3 Å². The zero-order valence-electron chi connectivity index (χ0n) is 17.3. The fraction of sp³-hybridized carbons (Fsp3) is 0.227. The van der Waals surface area contributed by atoms with E-state index in [1.165, 1.54) is 14.2 Å². The molecule has 0 spiro atoms. The molecule has 0 aliphatic rings. The largest absolute Gasteiger partial charge is 0.493 e. The maximum Gasteiger partial charge on any atom is 0.313 e. The highest BCUT2D eigenvalue weighted by atomic mass is 35.5. The number of halogens is 1. The number of anilines is 1. The van der Waals surface area contributed by atoms with Crippen LogP contribution >= 0.6 is 22.9 Å². The third-order valence-electron chi connectivity index (χ3n) is 4.47. The van der Waals surface area contributed by atoms with Crippen molar-refractivity contribution >= 4 is 40.4 Å². The smallest absolute Gasteiger partial charge is 0.313 e. The molecule has 0 aliphatic carbocycles. The Hall–Kier alpha value is -3.10. The minimum atomic E-state index is -0.755. The Morgan fingerprint density at radius 2 is 1.74 bits per heavy atom. The first-order valence-corrected chi connectivity index (χ1v) is 10.6. The second kappa shape index (κ2) is 10.3. The molecule has 1 heterocycles. The monoisotopic (exact) mass is 459 g/mol. The van der Waals surface area contributed by atoms with Gasteiger partial charge in [0.05, 0.1) is 19.9 Å². The lowest BCUT2D eigenvalue weighted by Gasteiger charge is -2.10. The number of hydrogen-bond acceptors (Lipinski definition) is 6. The number of thiazole rings is 1. The number of ether oxygens (including phenoxy) is 2. The zero-order valence-corrected chi connectivity index (χ0v) is 18.9. The number of amides is 2. The molecule has 162 valence electrons. The molecule has 0 aliphatic heterocycles. The van der Waals surface area contributed by atoms with Crippen LogP contribution in [-0.4, -0.2) is 37.6 Å². The number of aromatic nitrogens is 1. The zero-order chi connectivity index (χ0) is 22.4. The first-order valence-electron chi connectivity index (χ1n) is 9.44. The Kier molecular flexibility index (Phi) is 7.49. The summed E-state index contributed by atoms with van der Waals surface area (Å²) in [5.74, 6) is -0.481. The number of rotatable bonds is 7. The van der Waals surface area contributed by atoms with Crippen molar-refractivity contribution in [3.8, 4) is 22.1 Å². The Morgan fingerprint density at radius 3 is 2.42 bits per heavy atom. The minimum absolute atomic E-state index is 0.321. The number of aryl methyl sites for hydroxylation is 1. The molecule has 2 amide bonds. The highest BCUT2D eigenvalue weighted by molar-refractivity contribution is 7.15. The Balaban J connectivity index is 1.54. The van der Waals surface area contributed by atoms with Gasteiger partial charge in [0.15, 0.2) is 11.5 Å². The predicted octanol–water partition coefficient (Wildman–Crippen LogP) is 4.09. The van der Waals surface area contributed by atoms with Crippen molar-refractivity contribution < 1.29 is 19.1 Å². The van der Waals surface area contributed by atoms with E-state index in [1.54, 1.807) is 29.5 Å². The van der Waals surface area contributed by atoms with Crippen molar-refractivity contribution in [3.05, 3.63) is 58.1 Å². The average molecular weight is 460 g/mol. The van der Waals surface area contributed by atoms with Gasteiger partial charge in [0, 0.05) is 40.2 Å². The van der Waals surface area contributed by atoms with E-state index >= 15 is 0 Å². The maximum absolute atomic E-state index is 12.2. The fourth-order valence-electron chi connectivity index (χ4n) is 2.85. The highest BCUT2D eigenvalue weighted by Crippen LogP contribution is 2.30. The van der Waals surface area contributed by atoms with Crippen LogP contribution < -0.4 is 20.1 Å². The van der Waals surface area contributed by atoms with Gasteiger partial charge in [0.2, 0.25) is 0 Å². The van der Waals surface area contributed by atoms with Crippen LogP contribution in [0.3, 0.4) is 0 Å². The van der Waals surface area contributed by atoms with Gasteiger partial charge >= 0.3 is 11.8 Å². The molecule has 0 fully saturated rings. The Morgan fingerprint density at radius 1 is 1.03 bits per heavy atom. The molecule has 0 bridgehead atoms. The standard InChI is InChI=1S/C22H22ClN3O4S/c1-13-19(31-22(25-13)14-4-6-15(23)7-5-14)10-11-24-20(27)21(28)26-16-8-9-17(29-2)18(12-16)30-3/h4-9,12H,10-11H2,1-3H3,(H,24,27)(H,26,28). The van der Waals surface area contributed by atoms with E-state index in [2.05, 4.69) is 15.6 Å². The average Bonchev–Trinajstić information content (AvgIpc) is 3.14. The van der Waals surface area contributed by atoms with Crippen molar-refractivity contribution in [3.63, 3.8) is 0 Å². The molecule has 3 aromatic rings. The van der Waals surface area contributed by atoms with Gasteiger partial charge in [-0.3, -0.25) is 9.59 Å². The third kappa shape index (κ3) is 5.74. The summed E-state index contributed by atoms with van der Waals surface area (Å²) in [5, 5.41) is 6.75. The number of nitrogens with zero attached hydrogens (tertiary/aromatic N) is 1. The van der Waals surface area contributed by atoms with E-state index in [-0.39, 0.29) is 0 Å². The van der Waals surface area contributed by atoms with Crippen molar-refractivity contribution in [2.24, 2.45) is 0 Å². The van der Waals surface area contributed by atoms with Crippen LogP contribution in [0.2, 0.25) is 5.02 Å². The molecule has 31 heavy (non-hydrogen) atoms. The van der Waals surface area contributed by atoms with E-state index < -0.39 is 11.8 Å². The molecule has 0 saturated heterocycles. The summed E-state index contributed by atoms with van der Waals surface area (Å²) in [6.07, 6.45) is 0.576. The number of hydrogen-bond donors (Lipinski definition) is 2. The lowest BCUT2D eigenvalue weighted by Crippen LogP contribution is -2.36. The molecule has 0 radical (unpaired) electrons. The topological polar surface area (TPSA) is 89.5 Å². The van der Waals surface area contributed by atoms with Gasteiger partial charge in [-0.2, -0.15) is 0 Å².